The van der Waals surface area contributed by atoms with E-state index in [1.807, 2.05) is 44.2 Å². The Labute approximate surface area is 180 Å². The first-order valence-corrected chi connectivity index (χ1v) is 10.1. The predicted octanol–water partition coefficient (Wildman–Crippen LogP) is 2.21. The van der Waals surface area contributed by atoms with Crippen LogP contribution in [-0.2, 0) is 17.9 Å². The first-order chi connectivity index (χ1) is 15.0. The molecule has 0 saturated heterocycles. The van der Waals surface area contributed by atoms with E-state index in [0.717, 1.165) is 34.4 Å². The number of carbonyl (C=O) groups is 2. The number of aliphatic imine (C=N–C) groups is 1. The average molecular weight is 422 g/mol. The summed E-state index contributed by atoms with van der Waals surface area (Å²) in [6.07, 6.45) is 0. The molecule has 8 heteroatoms. The molecule has 2 amide bonds. The first-order valence-electron chi connectivity index (χ1n) is 10.1. The second-order valence-corrected chi connectivity index (χ2v) is 7.04. The summed E-state index contributed by atoms with van der Waals surface area (Å²) in [5.74, 6) is 0.620. The molecule has 162 valence electrons. The van der Waals surface area contributed by atoms with E-state index in [4.69, 9.17) is 10.2 Å². The molecule has 0 radical (unpaired) electrons. The van der Waals surface area contributed by atoms with E-state index in [1.54, 1.807) is 12.1 Å². The van der Waals surface area contributed by atoms with Gasteiger partial charge in [-0.15, -0.1) is 0 Å². The molecule has 0 spiro atoms. The number of aryl methyl sites for hydroxylation is 1. The highest BCUT2D eigenvalue weighted by atomic mass is 16.3. The number of fused-ring (bicyclic) bond motifs is 1. The summed E-state index contributed by atoms with van der Waals surface area (Å²) >= 11 is 0. The van der Waals surface area contributed by atoms with Gasteiger partial charge in [0.1, 0.15) is 11.3 Å². The summed E-state index contributed by atoms with van der Waals surface area (Å²) in [6.45, 7) is 5.55. The lowest BCUT2D eigenvalue weighted by atomic mass is 10.1. The average Bonchev–Trinajstić information content (AvgIpc) is 3.10. The molecule has 8 nitrogen and oxygen atoms in total. The van der Waals surface area contributed by atoms with Gasteiger partial charge in [-0.1, -0.05) is 30.3 Å². The van der Waals surface area contributed by atoms with E-state index in [9.17, 15) is 9.59 Å². The molecule has 3 aromatic rings. The van der Waals surface area contributed by atoms with Crippen molar-refractivity contribution in [3.05, 3.63) is 71.0 Å². The van der Waals surface area contributed by atoms with Crippen LogP contribution in [0, 0.1) is 6.92 Å². The van der Waals surface area contributed by atoms with Crippen LogP contribution in [0.1, 0.15) is 34.2 Å². The zero-order chi connectivity index (χ0) is 22.2. The number of hydrogen-bond donors (Lipinski definition) is 4. The number of nitrogens with one attached hydrogen (secondary N) is 3. The van der Waals surface area contributed by atoms with Gasteiger partial charge in [0.05, 0.1) is 19.6 Å². The Morgan fingerprint density at radius 3 is 2.45 bits per heavy atom. The molecule has 0 bridgehead atoms. The van der Waals surface area contributed by atoms with Crippen molar-refractivity contribution < 1.29 is 14.0 Å². The molecular formula is C23H27N5O3. The second kappa shape index (κ2) is 10.3. The Balaban J connectivity index is 1.61. The maximum absolute atomic E-state index is 11.9. The van der Waals surface area contributed by atoms with Crippen molar-refractivity contribution in [1.82, 2.24) is 16.0 Å². The topological polar surface area (TPSA) is 122 Å². The Hall–Kier alpha value is -3.81. The number of hydrogen-bond acceptors (Lipinski definition) is 4. The predicted molar refractivity (Wildman–Crippen MR) is 121 cm³/mol. The first kappa shape index (κ1) is 21.9. The number of guanidine groups is 1. The number of primary amides is 1. The summed E-state index contributed by atoms with van der Waals surface area (Å²) in [6, 6.07) is 15.0. The van der Waals surface area contributed by atoms with Gasteiger partial charge in [-0.3, -0.25) is 9.59 Å². The Morgan fingerprint density at radius 2 is 1.77 bits per heavy atom. The maximum Gasteiger partial charge on any atom is 0.251 e. The van der Waals surface area contributed by atoms with Crippen LogP contribution in [-0.4, -0.2) is 30.9 Å². The fourth-order valence-electron chi connectivity index (χ4n) is 3.10. The van der Waals surface area contributed by atoms with Gasteiger partial charge in [0.15, 0.2) is 5.96 Å². The van der Waals surface area contributed by atoms with Gasteiger partial charge in [-0.05, 0) is 37.6 Å². The van der Waals surface area contributed by atoms with Crippen molar-refractivity contribution in [1.29, 1.82) is 0 Å². The van der Waals surface area contributed by atoms with E-state index in [-0.39, 0.29) is 12.5 Å². The molecule has 31 heavy (non-hydrogen) atoms. The minimum absolute atomic E-state index is 0.187. The number of furan rings is 1. The van der Waals surface area contributed by atoms with Crippen LogP contribution >= 0.6 is 0 Å². The number of amides is 2. The van der Waals surface area contributed by atoms with E-state index in [2.05, 4.69) is 27.0 Å². The third-order valence-corrected chi connectivity index (χ3v) is 4.76. The van der Waals surface area contributed by atoms with Gasteiger partial charge in [0.25, 0.3) is 5.91 Å². The number of benzene rings is 2. The highest BCUT2D eigenvalue weighted by molar-refractivity contribution is 5.96. The minimum atomic E-state index is -0.583. The van der Waals surface area contributed by atoms with Gasteiger partial charge < -0.3 is 26.1 Å². The summed E-state index contributed by atoms with van der Waals surface area (Å²) in [5, 5.41) is 10.1. The second-order valence-electron chi connectivity index (χ2n) is 7.04. The van der Waals surface area contributed by atoms with Crippen LogP contribution in [0.4, 0.5) is 0 Å². The Kier molecular flexibility index (Phi) is 7.26. The normalized spacial score (nSPS) is 11.4. The van der Waals surface area contributed by atoms with Crippen molar-refractivity contribution in [2.75, 3.05) is 13.1 Å². The van der Waals surface area contributed by atoms with Crippen LogP contribution in [0.15, 0.2) is 57.9 Å². The highest BCUT2D eigenvalue weighted by Crippen LogP contribution is 2.24. The SMILES string of the molecule is CCNC(=NCc1ccc(C(=O)NCC(N)=O)cc1)NCc1oc2ccccc2c1C. The lowest BCUT2D eigenvalue weighted by Crippen LogP contribution is -2.36. The Morgan fingerprint density at radius 1 is 1.03 bits per heavy atom. The van der Waals surface area contributed by atoms with Crippen LogP contribution in [0.25, 0.3) is 11.0 Å². The van der Waals surface area contributed by atoms with Gasteiger partial charge in [-0.2, -0.15) is 0 Å². The van der Waals surface area contributed by atoms with Gasteiger partial charge in [0, 0.05) is 23.1 Å². The van der Waals surface area contributed by atoms with Crippen molar-refractivity contribution in [2.45, 2.75) is 26.9 Å². The van der Waals surface area contributed by atoms with E-state index < -0.39 is 5.91 Å². The summed E-state index contributed by atoms with van der Waals surface area (Å²) < 4.78 is 5.95. The standard InChI is InChI=1S/C23H27N5O3/c1-3-25-23(28-13-20-15(2)18-6-4-5-7-19(18)31-20)27-12-16-8-10-17(11-9-16)22(30)26-14-21(24)29/h4-11H,3,12-14H2,1-2H3,(H2,24,29)(H,26,30)(H2,25,27,28). The van der Waals surface area contributed by atoms with E-state index >= 15 is 0 Å². The number of para-hydroxylation sites is 1. The van der Waals surface area contributed by atoms with Crippen LogP contribution in [0.3, 0.4) is 0 Å². The smallest absolute Gasteiger partial charge is 0.251 e. The largest absolute Gasteiger partial charge is 0.459 e. The monoisotopic (exact) mass is 421 g/mol. The molecule has 0 unspecified atom stereocenters. The fourth-order valence-corrected chi connectivity index (χ4v) is 3.10. The van der Waals surface area contributed by atoms with Crippen molar-refractivity contribution >= 4 is 28.7 Å². The van der Waals surface area contributed by atoms with Crippen LogP contribution < -0.4 is 21.7 Å². The molecule has 1 aromatic heterocycles. The molecule has 0 atom stereocenters. The Bertz CT molecular complexity index is 1090. The van der Waals surface area contributed by atoms with Crippen LogP contribution in [0.5, 0.6) is 0 Å². The molecule has 2 aromatic carbocycles. The fraction of sp³-hybridized carbons (Fsp3) is 0.261. The zero-order valence-corrected chi connectivity index (χ0v) is 17.7. The summed E-state index contributed by atoms with van der Waals surface area (Å²) in [5.41, 5.74) is 8.43. The summed E-state index contributed by atoms with van der Waals surface area (Å²) in [4.78, 5) is 27.3. The number of nitrogens with zero attached hydrogens (tertiary/aromatic N) is 1. The number of nitrogens with two attached hydrogens (primary N) is 1. The lowest BCUT2D eigenvalue weighted by molar-refractivity contribution is -0.117. The molecular weight excluding hydrogens is 394 g/mol. The molecule has 0 aliphatic heterocycles. The van der Waals surface area contributed by atoms with Gasteiger partial charge >= 0.3 is 0 Å². The van der Waals surface area contributed by atoms with Crippen molar-refractivity contribution in [3.8, 4) is 0 Å². The summed E-state index contributed by atoms with van der Waals surface area (Å²) in [7, 11) is 0. The molecule has 1 heterocycles. The molecule has 0 aliphatic rings. The third-order valence-electron chi connectivity index (χ3n) is 4.76. The molecule has 0 fully saturated rings. The van der Waals surface area contributed by atoms with E-state index in [0.29, 0.717) is 24.6 Å². The molecule has 0 aliphatic carbocycles. The van der Waals surface area contributed by atoms with Gasteiger partial charge in [0.2, 0.25) is 5.91 Å². The zero-order valence-electron chi connectivity index (χ0n) is 17.7. The third kappa shape index (κ3) is 5.85. The number of rotatable bonds is 8. The molecule has 3 rings (SSSR count). The molecule has 0 saturated carbocycles. The maximum atomic E-state index is 11.9. The van der Waals surface area contributed by atoms with Crippen molar-refractivity contribution in [3.63, 3.8) is 0 Å². The van der Waals surface area contributed by atoms with Crippen LogP contribution in [0.2, 0.25) is 0 Å². The number of carbonyl (C=O) groups excluding carboxylic acids is 2. The van der Waals surface area contributed by atoms with E-state index in [1.165, 1.54) is 0 Å². The minimum Gasteiger partial charge on any atom is -0.459 e. The quantitative estimate of drug-likeness (QED) is 0.328. The molecule has 5 N–H and O–H groups in total. The van der Waals surface area contributed by atoms with Crippen molar-refractivity contribution in [2.24, 2.45) is 10.7 Å². The lowest BCUT2D eigenvalue weighted by Gasteiger charge is -2.11. The van der Waals surface area contributed by atoms with Gasteiger partial charge in [-0.25, -0.2) is 4.99 Å². The highest BCUT2D eigenvalue weighted by Gasteiger charge is 2.10.